The number of hydrogen-bond donors (Lipinski definition) is 2. The van der Waals surface area contributed by atoms with Crippen LogP contribution >= 0.6 is 0 Å². The summed E-state index contributed by atoms with van der Waals surface area (Å²) in [7, 11) is 1.59. The van der Waals surface area contributed by atoms with Crippen molar-refractivity contribution in [3.63, 3.8) is 0 Å². The molecule has 5 heteroatoms. The number of methoxy groups -OCH3 is 1. The van der Waals surface area contributed by atoms with Crippen LogP contribution in [-0.4, -0.2) is 59.5 Å². The van der Waals surface area contributed by atoms with Gasteiger partial charge >= 0.3 is 5.97 Å². The van der Waals surface area contributed by atoms with E-state index in [0.717, 1.165) is 0 Å². The van der Waals surface area contributed by atoms with Gasteiger partial charge in [0, 0.05) is 26.2 Å². The molecule has 1 unspecified atom stereocenters. The van der Waals surface area contributed by atoms with Crippen LogP contribution in [0.2, 0.25) is 0 Å². The normalized spacial score (nSPS) is 15.7. The Morgan fingerprint density at radius 1 is 1.53 bits per heavy atom. The van der Waals surface area contributed by atoms with E-state index in [0.29, 0.717) is 13.2 Å². The zero-order valence-corrected chi connectivity index (χ0v) is 9.86. The zero-order chi connectivity index (χ0) is 12.1. The van der Waals surface area contributed by atoms with Gasteiger partial charge in [-0.05, 0) is 20.8 Å². The molecule has 0 heterocycles. The third-order valence-corrected chi connectivity index (χ3v) is 2.28. The van der Waals surface area contributed by atoms with Crippen molar-refractivity contribution < 1.29 is 19.7 Å². The van der Waals surface area contributed by atoms with Gasteiger partial charge in [-0.3, -0.25) is 4.90 Å². The monoisotopic (exact) mass is 219 g/mol. The zero-order valence-electron chi connectivity index (χ0n) is 9.86. The standard InChI is InChI=1S/C10H21NO4/c1-8(2)11(5-6-15-4)7-10(3,14)9(12)13/h8,14H,5-7H2,1-4H3,(H,12,13). The van der Waals surface area contributed by atoms with Crippen molar-refractivity contribution in [1.29, 1.82) is 0 Å². The van der Waals surface area contributed by atoms with Crippen LogP contribution in [0.3, 0.4) is 0 Å². The molecule has 2 N–H and O–H groups in total. The third kappa shape index (κ3) is 5.11. The lowest BCUT2D eigenvalue weighted by Gasteiger charge is -2.31. The van der Waals surface area contributed by atoms with Crippen molar-refractivity contribution >= 4 is 5.97 Å². The Morgan fingerprint density at radius 3 is 2.40 bits per heavy atom. The maximum atomic E-state index is 10.7. The number of ether oxygens (including phenoxy) is 1. The largest absolute Gasteiger partial charge is 0.479 e. The number of nitrogens with zero attached hydrogens (tertiary/aromatic N) is 1. The number of carboxylic acid groups (broad SMARTS) is 1. The van der Waals surface area contributed by atoms with E-state index in [1.807, 2.05) is 18.7 Å². The molecular weight excluding hydrogens is 198 g/mol. The Kier molecular flexibility index (Phi) is 5.79. The highest BCUT2D eigenvalue weighted by molar-refractivity contribution is 5.76. The Labute approximate surface area is 90.6 Å². The fraction of sp³-hybridized carbons (Fsp3) is 0.900. The van der Waals surface area contributed by atoms with E-state index >= 15 is 0 Å². The second kappa shape index (κ2) is 6.05. The SMILES string of the molecule is COCCN(CC(C)(O)C(=O)O)C(C)C. The van der Waals surface area contributed by atoms with Gasteiger partial charge in [0.2, 0.25) is 0 Å². The molecule has 0 bridgehead atoms. The number of rotatable bonds is 7. The lowest BCUT2D eigenvalue weighted by molar-refractivity contribution is -0.159. The van der Waals surface area contributed by atoms with Gasteiger partial charge in [0.25, 0.3) is 0 Å². The molecule has 5 nitrogen and oxygen atoms in total. The van der Waals surface area contributed by atoms with E-state index in [4.69, 9.17) is 9.84 Å². The lowest BCUT2D eigenvalue weighted by Crippen LogP contribution is -2.49. The highest BCUT2D eigenvalue weighted by Gasteiger charge is 2.32. The Bertz CT molecular complexity index is 204. The predicted molar refractivity (Wildman–Crippen MR) is 56.8 cm³/mol. The van der Waals surface area contributed by atoms with Gasteiger partial charge in [-0.1, -0.05) is 0 Å². The van der Waals surface area contributed by atoms with Gasteiger partial charge < -0.3 is 14.9 Å². The first kappa shape index (κ1) is 14.3. The van der Waals surface area contributed by atoms with Crippen molar-refractivity contribution in [3.05, 3.63) is 0 Å². The van der Waals surface area contributed by atoms with Gasteiger partial charge in [0.1, 0.15) is 0 Å². The maximum absolute atomic E-state index is 10.7. The van der Waals surface area contributed by atoms with E-state index < -0.39 is 11.6 Å². The number of aliphatic hydroxyl groups is 1. The average molecular weight is 219 g/mol. The first-order chi connectivity index (χ1) is 6.81. The van der Waals surface area contributed by atoms with Crippen molar-refractivity contribution in [2.75, 3.05) is 26.8 Å². The number of carboxylic acids is 1. The van der Waals surface area contributed by atoms with E-state index in [9.17, 15) is 9.90 Å². The minimum atomic E-state index is -1.71. The number of carbonyl (C=O) groups is 1. The Balaban J connectivity index is 4.33. The summed E-state index contributed by atoms with van der Waals surface area (Å²) >= 11 is 0. The van der Waals surface area contributed by atoms with Crippen molar-refractivity contribution in [2.24, 2.45) is 0 Å². The molecule has 0 aromatic heterocycles. The molecule has 0 aliphatic heterocycles. The van der Waals surface area contributed by atoms with Gasteiger partial charge in [-0.15, -0.1) is 0 Å². The van der Waals surface area contributed by atoms with E-state index in [-0.39, 0.29) is 12.6 Å². The summed E-state index contributed by atoms with van der Waals surface area (Å²) in [6, 6.07) is 0.172. The average Bonchev–Trinajstić information content (AvgIpc) is 2.11. The summed E-state index contributed by atoms with van der Waals surface area (Å²) < 4.78 is 4.93. The first-order valence-electron chi connectivity index (χ1n) is 5.00. The Morgan fingerprint density at radius 2 is 2.07 bits per heavy atom. The van der Waals surface area contributed by atoms with Crippen molar-refractivity contribution in [2.45, 2.75) is 32.4 Å². The molecule has 0 aromatic carbocycles. The minimum Gasteiger partial charge on any atom is -0.479 e. The van der Waals surface area contributed by atoms with Crippen LogP contribution in [0.5, 0.6) is 0 Å². The molecule has 0 spiro atoms. The first-order valence-corrected chi connectivity index (χ1v) is 5.00. The summed E-state index contributed by atoms with van der Waals surface area (Å²) in [5, 5.41) is 18.4. The predicted octanol–water partition coefficient (Wildman–Crippen LogP) is 0.179. The molecule has 0 radical (unpaired) electrons. The molecule has 0 saturated heterocycles. The highest BCUT2D eigenvalue weighted by Crippen LogP contribution is 2.09. The van der Waals surface area contributed by atoms with E-state index in [1.165, 1.54) is 6.92 Å². The maximum Gasteiger partial charge on any atom is 0.336 e. The van der Waals surface area contributed by atoms with Crippen LogP contribution in [0.4, 0.5) is 0 Å². The van der Waals surface area contributed by atoms with Gasteiger partial charge in [0.05, 0.1) is 6.61 Å². The van der Waals surface area contributed by atoms with Crippen LogP contribution in [0, 0.1) is 0 Å². The Hall–Kier alpha value is -0.650. The van der Waals surface area contributed by atoms with Crippen LogP contribution in [0.15, 0.2) is 0 Å². The van der Waals surface area contributed by atoms with Gasteiger partial charge in [-0.2, -0.15) is 0 Å². The summed E-state index contributed by atoms with van der Waals surface area (Å²) in [6.45, 7) is 6.44. The van der Waals surface area contributed by atoms with Crippen LogP contribution in [0.25, 0.3) is 0 Å². The van der Waals surface area contributed by atoms with Gasteiger partial charge in [0.15, 0.2) is 5.60 Å². The molecule has 0 aliphatic carbocycles. The quantitative estimate of drug-likeness (QED) is 0.639. The van der Waals surface area contributed by atoms with E-state index in [2.05, 4.69) is 0 Å². The fourth-order valence-corrected chi connectivity index (χ4v) is 1.19. The fourth-order valence-electron chi connectivity index (χ4n) is 1.19. The number of hydrogen-bond acceptors (Lipinski definition) is 4. The van der Waals surface area contributed by atoms with Crippen molar-refractivity contribution in [3.8, 4) is 0 Å². The van der Waals surface area contributed by atoms with Crippen LogP contribution in [0.1, 0.15) is 20.8 Å². The molecule has 15 heavy (non-hydrogen) atoms. The van der Waals surface area contributed by atoms with Crippen molar-refractivity contribution in [1.82, 2.24) is 4.90 Å². The molecule has 0 amide bonds. The molecule has 0 aromatic rings. The molecular formula is C10H21NO4. The second-order valence-corrected chi connectivity index (χ2v) is 4.14. The van der Waals surface area contributed by atoms with Crippen LogP contribution < -0.4 is 0 Å². The number of aliphatic carboxylic acids is 1. The lowest BCUT2D eigenvalue weighted by atomic mass is 10.1. The minimum absolute atomic E-state index is 0.101. The van der Waals surface area contributed by atoms with E-state index in [1.54, 1.807) is 7.11 Å². The molecule has 0 saturated carbocycles. The highest BCUT2D eigenvalue weighted by atomic mass is 16.5. The summed E-state index contributed by atoms with van der Waals surface area (Å²) in [6.07, 6.45) is 0. The summed E-state index contributed by atoms with van der Waals surface area (Å²) in [5.74, 6) is -1.20. The molecule has 0 fully saturated rings. The molecule has 90 valence electrons. The topological polar surface area (TPSA) is 70.0 Å². The third-order valence-electron chi connectivity index (χ3n) is 2.28. The summed E-state index contributed by atoms with van der Waals surface area (Å²) in [4.78, 5) is 12.6. The summed E-state index contributed by atoms with van der Waals surface area (Å²) in [5.41, 5.74) is -1.71. The van der Waals surface area contributed by atoms with Gasteiger partial charge in [-0.25, -0.2) is 4.79 Å². The molecule has 0 rings (SSSR count). The second-order valence-electron chi connectivity index (χ2n) is 4.14. The molecule has 1 atom stereocenters. The van der Waals surface area contributed by atoms with Crippen LogP contribution in [-0.2, 0) is 9.53 Å². The smallest absolute Gasteiger partial charge is 0.336 e. The molecule has 0 aliphatic rings.